The first-order valence-electron chi connectivity index (χ1n) is 3.94. The summed E-state index contributed by atoms with van der Waals surface area (Å²) < 4.78 is 0. The van der Waals surface area contributed by atoms with Crippen molar-refractivity contribution in [3.63, 3.8) is 0 Å². The molecule has 2 atom stereocenters. The maximum atomic E-state index is 5.21. The average Bonchev–Trinajstić information content (AvgIpc) is 2.04. The van der Waals surface area contributed by atoms with Crippen LogP contribution in [0.15, 0.2) is 0 Å². The molecule has 2 unspecified atom stereocenters. The van der Waals surface area contributed by atoms with E-state index in [1.54, 1.807) is 0 Å². The van der Waals surface area contributed by atoms with Crippen LogP contribution in [0.1, 0.15) is 13.8 Å². The van der Waals surface area contributed by atoms with E-state index in [-0.39, 0.29) is 0 Å². The Balaban J connectivity index is 3.30. The first-order chi connectivity index (χ1) is 5.20. The van der Waals surface area contributed by atoms with E-state index in [1.807, 2.05) is 13.8 Å². The van der Waals surface area contributed by atoms with E-state index < -0.39 is 0 Å². The molecular weight excluding hydrogens is 131 g/mol. The zero-order valence-corrected chi connectivity index (χ0v) is 7.30. The van der Waals surface area contributed by atoms with Crippen LogP contribution < -0.4 is 0 Å². The minimum atomic E-state index is 0.347. The van der Waals surface area contributed by atoms with Crippen molar-refractivity contribution in [2.24, 2.45) is 11.8 Å². The Morgan fingerprint density at radius 1 is 1.09 bits per heavy atom. The molecule has 0 aliphatic rings. The van der Waals surface area contributed by atoms with E-state index in [0.717, 1.165) is 12.6 Å². The zero-order valence-electron chi connectivity index (χ0n) is 7.30. The largest absolute Gasteiger partial charge is 0.120 e. The number of rotatable bonds is 4. The predicted octanol–water partition coefficient (Wildman–Crippen LogP) is 2.07. The fourth-order valence-electron chi connectivity index (χ4n) is 0.732. The molecule has 0 bridgehead atoms. The van der Waals surface area contributed by atoms with Crippen molar-refractivity contribution >= 4 is 7.28 Å². The van der Waals surface area contributed by atoms with E-state index in [1.165, 1.54) is 0 Å². The lowest BCUT2D eigenvalue weighted by atomic mass is 9.64. The van der Waals surface area contributed by atoms with Crippen LogP contribution in [0.25, 0.3) is 0 Å². The van der Waals surface area contributed by atoms with Crippen molar-refractivity contribution in [2.75, 3.05) is 0 Å². The van der Waals surface area contributed by atoms with Crippen molar-refractivity contribution in [3.8, 4) is 24.7 Å². The Morgan fingerprint density at radius 3 is 1.73 bits per heavy atom. The van der Waals surface area contributed by atoms with Gasteiger partial charge < -0.3 is 0 Å². The Labute approximate surface area is 71.0 Å². The lowest BCUT2D eigenvalue weighted by Crippen LogP contribution is -2.01. The molecule has 57 valence electrons. The molecule has 0 aromatic carbocycles. The van der Waals surface area contributed by atoms with Gasteiger partial charge in [0.2, 0.25) is 0 Å². The van der Waals surface area contributed by atoms with Gasteiger partial charge in [0.05, 0.1) is 0 Å². The Hall–Kier alpha value is -0.815. The topological polar surface area (TPSA) is 0 Å². The van der Waals surface area contributed by atoms with Crippen LogP contribution in [0.4, 0.5) is 0 Å². The molecule has 0 aliphatic carbocycles. The molecule has 0 fully saturated rings. The molecule has 0 aliphatic heterocycles. The summed E-state index contributed by atoms with van der Waals surface area (Å²) in [6.45, 7) is 4.08. The fourth-order valence-corrected chi connectivity index (χ4v) is 0.732. The van der Waals surface area contributed by atoms with Crippen LogP contribution in [0, 0.1) is 36.5 Å². The van der Waals surface area contributed by atoms with Gasteiger partial charge in [-0.2, -0.15) is 0 Å². The highest BCUT2D eigenvalue weighted by Crippen LogP contribution is 2.05. The van der Waals surface area contributed by atoms with E-state index in [2.05, 4.69) is 19.1 Å². The maximum Gasteiger partial charge on any atom is 0.112 e. The van der Waals surface area contributed by atoms with Crippen molar-refractivity contribution in [1.29, 1.82) is 0 Å². The SMILES string of the molecule is C#CC(C)C[B]CC(C)C#C. The predicted molar refractivity (Wildman–Crippen MR) is 51.4 cm³/mol. The summed E-state index contributed by atoms with van der Waals surface area (Å²) in [4.78, 5) is 0. The minimum Gasteiger partial charge on any atom is -0.120 e. The highest BCUT2D eigenvalue weighted by atomic mass is 13.9. The van der Waals surface area contributed by atoms with E-state index in [9.17, 15) is 0 Å². The molecule has 1 radical (unpaired) electrons. The normalized spacial score (nSPS) is 14.2. The fraction of sp³-hybridized carbons (Fsp3) is 0.600. The standard InChI is InChI=1S/C10H14B/c1-5-9(3)7-11-8-10(4)6-2/h1-2,9-10H,7-8H2,3-4H3. The van der Waals surface area contributed by atoms with E-state index in [0.29, 0.717) is 11.8 Å². The first kappa shape index (κ1) is 10.2. The van der Waals surface area contributed by atoms with Gasteiger partial charge in [0, 0.05) is 11.8 Å². The molecule has 0 spiro atoms. The van der Waals surface area contributed by atoms with Gasteiger partial charge in [-0.05, 0) is 0 Å². The zero-order chi connectivity index (χ0) is 8.69. The molecule has 0 heterocycles. The summed E-state index contributed by atoms with van der Waals surface area (Å²) in [5, 5.41) is 0. The lowest BCUT2D eigenvalue weighted by molar-refractivity contribution is 0.821. The Bertz CT molecular complexity index is 150. The second-order valence-electron chi connectivity index (χ2n) is 2.90. The quantitative estimate of drug-likeness (QED) is 0.419. The molecule has 0 amide bonds. The van der Waals surface area contributed by atoms with Gasteiger partial charge in [-0.25, -0.2) is 0 Å². The Morgan fingerprint density at radius 2 is 1.45 bits per heavy atom. The van der Waals surface area contributed by atoms with Crippen LogP contribution >= 0.6 is 0 Å². The van der Waals surface area contributed by atoms with Gasteiger partial charge in [-0.15, -0.1) is 24.7 Å². The summed E-state index contributed by atoms with van der Waals surface area (Å²) in [5.74, 6) is 6.04. The summed E-state index contributed by atoms with van der Waals surface area (Å²) in [6.07, 6.45) is 12.4. The van der Waals surface area contributed by atoms with Crippen LogP contribution in [-0.2, 0) is 0 Å². The maximum absolute atomic E-state index is 5.21. The van der Waals surface area contributed by atoms with Crippen LogP contribution in [0.2, 0.25) is 12.6 Å². The molecule has 0 saturated carbocycles. The second-order valence-corrected chi connectivity index (χ2v) is 2.90. The van der Waals surface area contributed by atoms with Crippen molar-refractivity contribution < 1.29 is 0 Å². The van der Waals surface area contributed by atoms with Crippen molar-refractivity contribution in [3.05, 3.63) is 0 Å². The smallest absolute Gasteiger partial charge is 0.112 e. The summed E-state index contributed by atoms with van der Waals surface area (Å²) in [6, 6.07) is 0. The van der Waals surface area contributed by atoms with Crippen molar-refractivity contribution in [1.82, 2.24) is 0 Å². The molecule has 1 heteroatoms. The van der Waals surface area contributed by atoms with E-state index in [4.69, 9.17) is 12.8 Å². The first-order valence-corrected chi connectivity index (χ1v) is 3.94. The van der Waals surface area contributed by atoms with E-state index >= 15 is 0 Å². The molecule has 11 heavy (non-hydrogen) atoms. The monoisotopic (exact) mass is 145 g/mol. The van der Waals surface area contributed by atoms with Crippen LogP contribution in [0.5, 0.6) is 0 Å². The summed E-state index contributed by atoms with van der Waals surface area (Å²) in [5.41, 5.74) is 0. The highest BCUT2D eigenvalue weighted by molar-refractivity contribution is 6.35. The van der Waals surface area contributed by atoms with Gasteiger partial charge in [-0.3, -0.25) is 0 Å². The van der Waals surface area contributed by atoms with Gasteiger partial charge in [-0.1, -0.05) is 26.5 Å². The van der Waals surface area contributed by atoms with Gasteiger partial charge in [0.1, 0.15) is 7.28 Å². The minimum absolute atomic E-state index is 0.347. The molecule has 0 saturated heterocycles. The average molecular weight is 145 g/mol. The molecule has 0 N–H and O–H groups in total. The molecular formula is C10H14B. The summed E-state index contributed by atoms with van der Waals surface area (Å²) in [7, 11) is 2.18. The second kappa shape index (κ2) is 5.93. The number of hydrogen-bond donors (Lipinski definition) is 0. The summed E-state index contributed by atoms with van der Waals surface area (Å²) >= 11 is 0. The van der Waals surface area contributed by atoms with Crippen LogP contribution in [-0.4, -0.2) is 7.28 Å². The van der Waals surface area contributed by atoms with Crippen molar-refractivity contribution in [2.45, 2.75) is 26.5 Å². The lowest BCUT2D eigenvalue weighted by Gasteiger charge is -2.03. The number of terminal acetylenes is 2. The third-order valence-electron chi connectivity index (χ3n) is 1.61. The van der Waals surface area contributed by atoms with Gasteiger partial charge in [0.25, 0.3) is 0 Å². The van der Waals surface area contributed by atoms with Gasteiger partial charge in [0.15, 0.2) is 0 Å². The van der Waals surface area contributed by atoms with Crippen LogP contribution in [0.3, 0.4) is 0 Å². The third kappa shape index (κ3) is 5.62. The highest BCUT2D eigenvalue weighted by Gasteiger charge is 2.01. The number of hydrogen-bond acceptors (Lipinski definition) is 0. The van der Waals surface area contributed by atoms with Gasteiger partial charge >= 0.3 is 0 Å². The molecule has 0 aromatic heterocycles. The third-order valence-corrected chi connectivity index (χ3v) is 1.61. The molecule has 0 rings (SSSR count). The molecule has 0 aromatic rings. The molecule has 0 nitrogen and oxygen atoms in total. The Kier molecular flexibility index (Phi) is 5.49.